The highest BCUT2D eigenvalue weighted by molar-refractivity contribution is 7.89. The molecule has 1 N–H and O–H groups in total. The van der Waals surface area contributed by atoms with Gasteiger partial charge in [-0.25, -0.2) is 13.1 Å². The summed E-state index contributed by atoms with van der Waals surface area (Å²) in [7, 11) is -3.51. The Morgan fingerprint density at radius 3 is 2.36 bits per heavy atom. The van der Waals surface area contributed by atoms with Crippen molar-refractivity contribution in [1.29, 1.82) is 0 Å². The Morgan fingerprint density at radius 1 is 1.00 bits per heavy atom. The van der Waals surface area contributed by atoms with Gasteiger partial charge in [-0.3, -0.25) is 0 Å². The monoisotopic (exact) mass is 357 g/mol. The van der Waals surface area contributed by atoms with E-state index in [4.69, 9.17) is 4.42 Å². The summed E-state index contributed by atoms with van der Waals surface area (Å²) in [5, 5.41) is 1.02. The third-order valence-electron chi connectivity index (χ3n) is 4.28. The molecule has 1 aromatic heterocycles. The van der Waals surface area contributed by atoms with Crippen LogP contribution >= 0.6 is 0 Å². The molecule has 0 bridgehead atoms. The molecule has 1 heterocycles. The topological polar surface area (TPSA) is 59.3 Å². The van der Waals surface area contributed by atoms with Crippen LogP contribution in [0.4, 0.5) is 0 Å². The molecule has 0 radical (unpaired) electrons. The van der Waals surface area contributed by atoms with Crippen LogP contribution in [0.25, 0.3) is 11.0 Å². The smallest absolute Gasteiger partial charge is 0.240 e. The zero-order chi connectivity index (χ0) is 18.1. The lowest BCUT2D eigenvalue weighted by Gasteiger charge is -2.19. The maximum atomic E-state index is 12.5. The van der Waals surface area contributed by atoms with E-state index in [0.29, 0.717) is 13.0 Å². The van der Waals surface area contributed by atoms with Crippen molar-refractivity contribution in [3.8, 4) is 0 Å². The predicted octanol–water partition coefficient (Wildman–Crippen LogP) is 4.25. The number of nitrogens with one attached hydrogen (secondary N) is 1. The van der Waals surface area contributed by atoms with Crippen LogP contribution in [0.15, 0.2) is 64.1 Å². The summed E-state index contributed by atoms with van der Waals surface area (Å²) in [4.78, 5) is 0.289. The van der Waals surface area contributed by atoms with E-state index in [9.17, 15) is 8.42 Å². The first-order valence-electron chi connectivity index (χ1n) is 8.33. The molecular weight excluding hydrogens is 334 g/mol. The van der Waals surface area contributed by atoms with Crippen molar-refractivity contribution in [1.82, 2.24) is 4.72 Å². The Balaban J connectivity index is 1.67. The molecule has 4 nitrogen and oxygen atoms in total. The normalized spacial score (nSPS) is 12.6. The van der Waals surface area contributed by atoms with E-state index in [2.05, 4.69) is 25.5 Å². The minimum atomic E-state index is -3.51. The molecule has 5 heteroatoms. The van der Waals surface area contributed by atoms with Crippen LogP contribution < -0.4 is 4.72 Å². The summed E-state index contributed by atoms with van der Waals surface area (Å²) in [5.41, 5.74) is 2.92. The molecule has 0 aliphatic rings. The summed E-state index contributed by atoms with van der Waals surface area (Å²) in [5.74, 6) is 0. The summed E-state index contributed by atoms with van der Waals surface area (Å²) >= 11 is 0. The molecule has 25 heavy (non-hydrogen) atoms. The number of para-hydroxylation sites is 1. The van der Waals surface area contributed by atoms with Crippen molar-refractivity contribution in [2.24, 2.45) is 0 Å². The highest BCUT2D eigenvalue weighted by atomic mass is 32.2. The molecule has 0 fully saturated rings. The summed E-state index contributed by atoms with van der Waals surface area (Å²) < 4.78 is 33.1. The molecule has 0 atom stereocenters. The SMILES string of the molecule is CC(C)(C)c1ccc(S(=O)(=O)NCCc2coc3ccccc23)cc1. The lowest BCUT2D eigenvalue weighted by molar-refractivity contribution is 0.577. The predicted molar refractivity (Wildman–Crippen MR) is 100 cm³/mol. The van der Waals surface area contributed by atoms with Gasteiger partial charge in [0, 0.05) is 11.9 Å². The van der Waals surface area contributed by atoms with Crippen LogP contribution in [0.2, 0.25) is 0 Å². The van der Waals surface area contributed by atoms with Gasteiger partial charge in [0.05, 0.1) is 11.2 Å². The molecule has 0 saturated carbocycles. The molecule has 0 aliphatic carbocycles. The average Bonchev–Trinajstić information content (AvgIpc) is 2.97. The van der Waals surface area contributed by atoms with E-state index in [1.807, 2.05) is 36.4 Å². The quantitative estimate of drug-likeness (QED) is 0.742. The Bertz CT molecular complexity index is 964. The first-order valence-corrected chi connectivity index (χ1v) is 9.81. The Labute approximate surface area is 148 Å². The number of furan rings is 1. The number of sulfonamides is 1. The van der Waals surface area contributed by atoms with Crippen LogP contribution in [0.5, 0.6) is 0 Å². The maximum Gasteiger partial charge on any atom is 0.240 e. The van der Waals surface area contributed by atoms with Crippen molar-refractivity contribution in [3.63, 3.8) is 0 Å². The summed E-state index contributed by atoms with van der Waals surface area (Å²) in [6, 6.07) is 14.8. The van der Waals surface area contributed by atoms with Gasteiger partial charge in [-0.2, -0.15) is 0 Å². The molecule has 3 aromatic rings. The molecule has 0 spiro atoms. The Hall–Kier alpha value is -2.11. The van der Waals surface area contributed by atoms with E-state index in [1.165, 1.54) is 0 Å². The minimum Gasteiger partial charge on any atom is -0.464 e. The molecular formula is C20H23NO3S. The number of rotatable bonds is 5. The molecule has 2 aromatic carbocycles. The first kappa shape index (κ1) is 17.7. The van der Waals surface area contributed by atoms with Crippen LogP contribution in [0.1, 0.15) is 31.9 Å². The molecule has 0 amide bonds. The largest absolute Gasteiger partial charge is 0.464 e. The zero-order valence-electron chi connectivity index (χ0n) is 14.7. The summed E-state index contributed by atoms with van der Waals surface area (Å²) in [6.07, 6.45) is 2.27. The lowest BCUT2D eigenvalue weighted by atomic mass is 9.87. The number of hydrogen-bond donors (Lipinski definition) is 1. The Morgan fingerprint density at radius 2 is 1.68 bits per heavy atom. The fraction of sp³-hybridized carbons (Fsp3) is 0.300. The zero-order valence-corrected chi connectivity index (χ0v) is 15.6. The number of hydrogen-bond acceptors (Lipinski definition) is 3. The van der Waals surface area contributed by atoms with Gasteiger partial charge < -0.3 is 4.42 Å². The van der Waals surface area contributed by atoms with E-state index in [0.717, 1.165) is 22.1 Å². The molecule has 132 valence electrons. The molecule has 0 aliphatic heterocycles. The number of fused-ring (bicyclic) bond motifs is 1. The van der Waals surface area contributed by atoms with Crippen LogP contribution in [0, 0.1) is 0 Å². The van der Waals surface area contributed by atoms with Gasteiger partial charge in [-0.1, -0.05) is 51.1 Å². The molecule has 0 saturated heterocycles. The molecule has 3 rings (SSSR count). The van der Waals surface area contributed by atoms with Crippen LogP contribution in [-0.2, 0) is 21.9 Å². The fourth-order valence-corrected chi connectivity index (χ4v) is 3.80. The van der Waals surface area contributed by atoms with Crippen molar-refractivity contribution < 1.29 is 12.8 Å². The Kier molecular flexibility index (Phi) is 4.71. The summed E-state index contributed by atoms with van der Waals surface area (Å²) in [6.45, 7) is 6.63. The van der Waals surface area contributed by atoms with E-state index < -0.39 is 10.0 Å². The minimum absolute atomic E-state index is 0.00193. The van der Waals surface area contributed by atoms with Gasteiger partial charge in [0.25, 0.3) is 0 Å². The second-order valence-electron chi connectivity index (χ2n) is 7.18. The van der Waals surface area contributed by atoms with Gasteiger partial charge in [-0.15, -0.1) is 0 Å². The first-order chi connectivity index (χ1) is 11.8. The lowest BCUT2D eigenvalue weighted by Crippen LogP contribution is -2.26. The van der Waals surface area contributed by atoms with E-state index in [-0.39, 0.29) is 10.3 Å². The van der Waals surface area contributed by atoms with Crippen molar-refractivity contribution in [2.45, 2.75) is 37.5 Å². The van der Waals surface area contributed by atoms with E-state index in [1.54, 1.807) is 18.4 Å². The van der Waals surface area contributed by atoms with Gasteiger partial charge in [0.15, 0.2) is 0 Å². The molecule has 0 unspecified atom stereocenters. The van der Waals surface area contributed by atoms with Crippen LogP contribution in [0.3, 0.4) is 0 Å². The van der Waals surface area contributed by atoms with Crippen molar-refractivity contribution in [3.05, 3.63) is 65.9 Å². The standard InChI is InChI=1S/C20H23NO3S/c1-20(2,3)16-8-10-17(11-9-16)25(22,23)21-13-12-15-14-24-19-7-5-4-6-18(15)19/h4-11,14,21H,12-13H2,1-3H3. The third kappa shape index (κ3) is 3.94. The van der Waals surface area contributed by atoms with Crippen molar-refractivity contribution >= 4 is 21.0 Å². The highest BCUT2D eigenvalue weighted by Gasteiger charge is 2.17. The number of benzene rings is 2. The second kappa shape index (κ2) is 6.65. The third-order valence-corrected chi connectivity index (χ3v) is 5.76. The van der Waals surface area contributed by atoms with Crippen molar-refractivity contribution in [2.75, 3.05) is 6.54 Å². The maximum absolute atomic E-state index is 12.5. The van der Waals surface area contributed by atoms with E-state index >= 15 is 0 Å². The highest BCUT2D eigenvalue weighted by Crippen LogP contribution is 2.24. The van der Waals surface area contributed by atoms with Gasteiger partial charge in [0.1, 0.15) is 5.58 Å². The van der Waals surface area contributed by atoms with Crippen LogP contribution in [-0.4, -0.2) is 15.0 Å². The average molecular weight is 357 g/mol. The van der Waals surface area contributed by atoms with Gasteiger partial charge in [-0.05, 0) is 41.2 Å². The second-order valence-corrected chi connectivity index (χ2v) is 8.95. The van der Waals surface area contributed by atoms with Gasteiger partial charge >= 0.3 is 0 Å². The fourth-order valence-electron chi connectivity index (χ4n) is 2.76. The van der Waals surface area contributed by atoms with Gasteiger partial charge in [0.2, 0.25) is 10.0 Å².